The van der Waals surface area contributed by atoms with Crippen LogP contribution in [0.5, 0.6) is 0 Å². The van der Waals surface area contributed by atoms with Crippen LogP contribution in [0.15, 0.2) is 22.7 Å². The number of hydrogen-bond acceptors (Lipinski definition) is 6. The second-order valence-corrected chi connectivity index (χ2v) is 3.25. The van der Waals surface area contributed by atoms with Gasteiger partial charge in [-0.05, 0) is 6.08 Å². The first-order chi connectivity index (χ1) is 7.40. The summed E-state index contributed by atoms with van der Waals surface area (Å²) in [6.07, 6.45) is -0.738. The lowest BCUT2D eigenvalue weighted by Gasteiger charge is -2.24. The van der Waals surface area contributed by atoms with Crippen LogP contribution in [-0.4, -0.2) is 45.3 Å². The Bertz CT molecular complexity index is 403. The molecule has 1 aliphatic heterocycles. The number of aliphatic hydroxyl groups is 2. The number of rotatable bonds is 2. The minimum absolute atomic E-state index is 0.126. The molecular formula is C8H9ClN2O5. The molecule has 7 nitrogen and oxygen atoms in total. The molecule has 0 aromatic rings. The molecule has 16 heavy (non-hydrogen) atoms. The van der Waals surface area contributed by atoms with Crippen LogP contribution in [0.1, 0.15) is 0 Å². The standard InChI is InChI=1S/C8H9ClN2O5/c1-10-8(15)5(13)3-2-4(12)6(14)7(9)11(3)16/h2,4,12,14,16H,1H3,(H,10,15). The van der Waals surface area contributed by atoms with E-state index in [0.29, 0.717) is 0 Å². The molecule has 0 bridgehead atoms. The van der Waals surface area contributed by atoms with E-state index in [0.717, 1.165) is 6.08 Å². The molecule has 1 aliphatic rings. The van der Waals surface area contributed by atoms with Crippen LogP contribution in [-0.2, 0) is 9.59 Å². The van der Waals surface area contributed by atoms with Crippen molar-refractivity contribution in [2.24, 2.45) is 0 Å². The summed E-state index contributed by atoms with van der Waals surface area (Å²) in [5.41, 5.74) is -0.533. The van der Waals surface area contributed by atoms with Gasteiger partial charge >= 0.3 is 0 Å². The van der Waals surface area contributed by atoms with E-state index < -0.39 is 34.4 Å². The van der Waals surface area contributed by atoms with Crippen LogP contribution in [0.4, 0.5) is 0 Å². The molecule has 1 amide bonds. The second kappa shape index (κ2) is 4.52. The van der Waals surface area contributed by atoms with E-state index in [2.05, 4.69) is 5.32 Å². The van der Waals surface area contributed by atoms with Crippen LogP contribution in [0.25, 0.3) is 0 Å². The minimum Gasteiger partial charge on any atom is -0.506 e. The average Bonchev–Trinajstić information content (AvgIpc) is 2.29. The summed E-state index contributed by atoms with van der Waals surface area (Å²) < 4.78 is 0. The summed E-state index contributed by atoms with van der Waals surface area (Å²) in [6, 6.07) is 0. The normalized spacial score (nSPS) is 20.6. The molecule has 0 aromatic heterocycles. The van der Waals surface area contributed by atoms with Crippen molar-refractivity contribution in [1.82, 2.24) is 10.4 Å². The van der Waals surface area contributed by atoms with E-state index >= 15 is 0 Å². The maximum absolute atomic E-state index is 11.4. The van der Waals surface area contributed by atoms with Crippen LogP contribution in [0.2, 0.25) is 0 Å². The predicted octanol–water partition coefficient (Wildman–Crippen LogP) is -0.783. The number of hydroxylamine groups is 2. The third-order valence-corrected chi connectivity index (χ3v) is 2.24. The predicted molar refractivity (Wildman–Crippen MR) is 52.3 cm³/mol. The number of nitrogens with one attached hydrogen (secondary N) is 1. The van der Waals surface area contributed by atoms with Gasteiger partial charge in [-0.25, -0.2) is 5.06 Å². The number of halogens is 1. The number of hydrogen-bond donors (Lipinski definition) is 4. The largest absolute Gasteiger partial charge is 0.506 e. The summed E-state index contributed by atoms with van der Waals surface area (Å²) >= 11 is 5.42. The van der Waals surface area contributed by atoms with Gasteiger partial charge in [-0.3, -0.25) is 14.8 Å². The maximum atomic E-state index is 11.4. The molecule has 88 valence electrons. The third kappa shape index (κ3) is 2.01. The zero-order valence-electron chi connectivity index (χ0n) is 8.14. The summed E-state index contributed by atoms with van der Waals surface area (Å²) in [6.45, 7) is 0. The molecule has 1 atom stereocenters. The minimum atomic E-state index is -1.54. The van der Waals surface area contributed by atoms with Crippen LogP contribution in [0, 0.1) is 0 Å². The van der Waals surface area contributed by atoms with E-state index in [1.54, 1.807) is 0 Å². The number of aliphatic hydroxyl groups excluding tert-OH is 2. The fourth-order valence-corrected chi connectivity index (χ4v) is 1.24. The molecular weight excluding hydrogens is 240 g/mol. The first-order valence-corrected chi connectivity index (χ1v) is 4.51. The molecule has 1 heterocycles. The van der Waals surface area contributed by atoms with Gasteiger partial charge in [-0.2, -0.15) is 0 Å². The molecule has 0 fully saturated rings. The Morgan fingerprint density at radius 1 is 1.56 bits per heavy atom. The maximum Gasteiger partial charge on any atom is 0.293 e. The number of carbonyl (C=O) groups is 2. The lowest BCUT2D eigenvalue weighted by molar-refractivity contribution is -0.139. The molecule has 0 aromatic carbocycles. The first-order valence-electron chi connectivity index (χ1n) is 4.14. The van der Waals surface area contributed by atoms with Gasteiger partial charge in [-0.1, -0.05) is 11.6 Å². The van der Waals surface area contributed by atoms with Gasteiger partial charge in [0, 0.05) is 7.05 Å². The van der Waals surface area contributed by atoms with Crippen molar-refractivity contribution < 1.29 is 25.0 Å². The van der Waals surface area contributed by atoms with Gasteiger partial charge in [0.1, 0.15) is 11.8 Å². The number of Topliss-reactive ketones (excluding diaryl/α,β-unsaturated/α-hetero) is 1. The van der Waals surface area contributed by atoms with Crippen molar-refractivity contribution in [1.29, 1.82) is 0 Å². The van der Waals surface area contributed by atoms with E-state index in [1.165, 1.54) is 7.05 Å². The van der Waals surface area contributed by atoms with E-state index in [1.807, 2.05) is 0 Å². The lowest BCUT2D eigenvalue weighted by Crippen LogP contribution is -2.37. The molecule has 1 unspecified atom stereocenters. The Labute approximate surface area is 95.2 Å². The summed E-state index contributed by atoms with van der Waals surface area (Å²) in [5.74, 6) is -2.78. The van der Waals surface area contributed by atoms with Gasteiger partial charge in [-0.15, -0.1) is 0 Å². The highest BCUT2D eigenvalue weighted by Gasteiger charge is 2.32. The highest BCUT2D eigenvalue weighted by Crippen LogP contribution is 2.25. The third-order valence-electron chi connectivity index (χ3n) is 1.89. The zero-order valence-corrected chi connectivity index (χ0v) is 8.89. The Balaban J connectivity index is 3.05. The summed E-state index contributed by atoms with van der Waals surface area (Å²) in [4.78, 5) is 22.4. The first kappa shape index (κ1) is 12.5. The second-order valence-electron chi connectivity index (χ2n) is 2.89. The Hall–Kier alpha value is -1.57. The smallest absolute Gasteiger partial charge is 0.293 e. The average molecular weight is 249 g/mol. The van der Waals surface area contributed by atoms with E-state index in [-0.39, 0.29) is 5.06 Å². The highest BCUT2D eigenvalue weighted by atomic mass is 35.5. The lowest BCUT2D eigenvalue weighted by atomic mass is 10.1. The number of carbonyl (C=O) groups excluding carboxylic acids is 2. The Kier molecular flexibility index (Phi) is 3.53. The fourth-order valence-electron chi connectivity index (χ4n) is 1.04. The Morgan fingerprint density at radius 3 is 2.62 bits per heavy atom. The van der Waals surface area contributed by atoms with Gasteiger partial charge in [0.15, 0.2) is 10.9 Å². The van der Waals surface area contributed by atoms with Crippen molar-refractivity contribution >= 4 is 23.3 Å². The summed E-state index contributed by atoms with van der Waals surface area (Å²) in [7, 11) is 1.23. The van der Waals surface area contributed by atoms with Crippen molar-refractivity contribution in [2.75, 3.05) is 7.05 Å². The van der Waals surface area contributed by atoms with Gasteiger partial charge in [0.25, 0.3) is 11.7 Å². The van der Waals surface area contributed by atoms with Gasteiger partial charge in [0.2, 0.25) is 0 Å². The van der Waals surface area contributed by atoms with Crippen LogP contribution in [0.3, 0.4) is 0 Å². The molecule has 8 heteroatoms. The Morgan fingerprint density at radius 2 is 2.12 bits per heavy atom. The highest BCUT2D eigenvalue weighted by molar-refractivity contribution is 6.43. The van der Waals surface area contributed by atoms with E-state index in [9.17, 15) is 19.9 Å². The molecule has 0 saturated carbocycles. The van der Waals surface area contributed by atoms with Crippen LogP contribution < -0.4 is 5.32 Å². The van der Waals surface area contributed by atoms with Gasteiger partial charge < -0.3 is 15.5 Å². The van der Waals surface area contributed by atoms with Gasteiger partial charge in [0.05, 0.1) is 0 Å². The van der Waals surface area contributed by atoms with Crippen molar-refractivity contribution in [3.05, 3.63) is 22.7 Å². The molecule has 1 rings (SSSR count). The fraction of sp³-hybridized carbons (Fsp3) is 0.250. The molecule has 4 N–H and O–H groups in total. The molecule has 0 radical (unpaired) electrons. The van der Waals surface area contributed by atoms with Crippen molar-refractivity contribution in [3.63, 3.8) is 0 Å². The number of ketones is 1. The number of amides is 1. The molecule has 0 spiro atoms. The quantitative estimate of drug-likeness (QED) is 0.377. The monoisotopic (exact) mass is 248 g/mol. The van der Waals surface area contributed by atoms with Crippen molar-refractivity contribution in [2.45, 2.75) is 6.10 Å². The topological polar surface area (TPSA) is 110 Å². The zero-order chi connectivity index (χ0) is 12.5. The van der Waals surface area contributed by atoms with Crippen molar-refractivity contribution in [3.8, 4) is 0 Å². The van der Waals surface area contributed by atoms with E-state index in [4.69, 9.17) is 16.7 Å². The number of likely N-dealkylation sites (N-methyl/N-ethyl adjacent to an activating group) is 1. The summed E-state index contributed by atoms with van der Waals surface area (Å²) in [5, 5.41) is 29.3. The van der Waals surface area contributed by atoms with Crippen LogP contribution >= 0.6 is 11.6 Å². The SMILES string of the molecule is CNC(=O)C(=O)C1=CC(O)C(O)=C(Cl)N1O. The molecule has 0 aliphatic carbocycles. The molecule has 0 saturated heterocycles. The number of nitrogens with zero attached hydrogens (tertiary/aromatic N) is 1.